The Morgan fingerprint density at radius 2 is 2.36 bits per heavy atom. The highest BCUT2D eigenvalue weighted by atomic mass is 16.1. The molecule has 1 atom stereocenters. The fourth-order valence-electron chi connectivity index (χ4n) is 1.85. The molecule has 2 N–H and O–H groups in total. The van der Waals surface area contributed by atoms with Gasteiger partial charge in [-0.25, -0.2) is 0 Å². The number of likely N-dealkylation sites (tertiary alicyclic amines) is 1. The molecular formula is C10H21N3O. The highest BCUT2D eigenvalue weighted by Gasteiger charge is 2.21. The maximum absolute atomic E-state index is 10.8. The third-order valence-corrected chi connectivity index (χ3v) is 2.53. The number of nitrogens with zero attached hydrogens (tertiary/aromatic N) is 1. The van der Waals surface area contributed by atoms with Crippen LogP contribution in [0.1, 0.15) is 20.3 Å². The van der Waals surface area contributed by atoms with Crippen LogP contribution in [0.2, 0.25) is 0 Å². The van der Waals surface area contributed by atoms with Gasteiger partial charge in [-0.3, -0.25) is 9.69 Å². The largest absolute Gasteiger partial charge is 0.352 e. The van der Waals surface area contributed by atoms with Crippen LogP contribution < -0.4 is 10.6 Å². The maximum atomic E-state index is 10.8. The van der Waals surface area contributed by atoms with Crippen LogP contribution in [0.5, 0.6) is 0 Å². The second kappa shape index (κ2) is 5.98. The molecule has 1 fully saturated rings. The quantitative estimate of drug-likeness (QED) is 0.603. The van der Waals surface area contributed by atoms with Crippen molar-refractivity contribution in [2.45, 2.75) is 26.3 Å². The fraction of sp³-hybridized carbons (Fsp3) is 0.900. The molecule has 4 nitrogen and oxygen atoms in total. The van der Waals surface area contributed by atoms with Crippen molar-refractivity contribution in [3.8, 4) is 0 Å². The van der Waals surface area contributed by atoms with Gasteiger partial charge in [0.15, 0.2) is 0 Å². The molecule has 0 bridgehead atoms. The van der Waals surface area contributed by atoms with Crippen molar-refractivity contribution in [2.24, 2.45) is 0 Å². The molecule has 0 aromatic carbocycles. The summed E-state index contributed by atoms with van der Waals surface area (Å²) in [6.07, 6.45) is 1.09. The predicted octanol–water partition coefficient (Wildman–Crippen LogP) is -0.194. The van der Waals surface area contributed by atoms with Gasteiger partial charge in [0.25, 0.3) is 0 Å². The number of hydrogen-bond acceptors (Lipinski definition) is 3. The van der Waals surface area contributed by atoms with E-state index in [2.05, 4.69) is 22.5 Å². The van der Waals surface area contributed by atoms with E-state index in [9.17, 15) is 4.79 Å². The Bertz CT molecular complexity index is 184. The molecule has 0 spiro atoms. The highest BCUT2D eigenvalue weighted by Crippen LogP contribution is 2.07. The molecule has 0 aliphatic carbocycles. The number of nitrogens with one attached hydrogen (secondary N) is 2. The summed E-state index contributed by atoms with van der Waals surface area (Å²) in [5.74, 6) is 0.0866. The van der Waals surface area contributed by atoms with Crippen LogP contribution in [0.4, 0.5) is 0 Å². The van der Waals surface area contributed by atoms with E-state index < -0.39 is 0 Å². The molecule has 0 radical (unpaired) electrons. The SMILES string of the molecule is CCNCCN1CCC(NC(C)=O)C1. The van der Waals surface area contributed by atoms with Gasteiger partial charge in [0.2, 0.25) is 5.91 Å². The van der Waals surface area contributed by atoms with Crippen LogP contribution in [-0.2, 0) is 4.79 Å². The molecule has 82 valence electrons. The van der Waals surface area contributed by atoms with Gasteiger partial charge in [0, 0.05) is 39.1 Å². The molecule has 4 heteroatoms. The van der Waals surface area contributed by atoms with Gasteiger partial charge in [0.05, 0.1) is 0 Å². The number of carbonyl (C=O) groups excluding carboxylic acids is 1. The third kappa shape index (κ3) is 4.07. The summed E-state index contributed by atoms with van der Waals surface area (Å²) in [6.45, 7) is 8.98. The average Bonchev–Trinajstić information content (AvgIpc) is 2.52. The van der Waals surface area contributed by atoms with Crippen molar-refractivity contribution in [2.75, 3.05) is 32.7 Å². The first kappa shape index (κ1) is 11.5. The lowest BCUT2D eigenvalue weighted by Gasteiger charge is -2.16. The lowest BCUT2D eigenvalue weighted by atomic mass is 10.3. The number of hydrogen-bond donors (Lipinski definition) is 2. The minimum absolute atomic E-state index is 0.0866. The van der Waals surface area contributed by atoms with Crippen molar-refractivity contribution in [1.29, 1.82) is 0 Å². The normalized spacial score (nSPS) is 22.6. The average molecular weight is 199 g/mol. The Morgan fingerprint density at radius 3 is 3.00 bits per heavy atom. The van der Waals surface area contributed by atoms with Crippen LogP contribution >= 0.6 is 0 Å². The Hall–Kier alpha value is -0.610. The molecule has 0 saturated carbocycles. The molecule has 0 aromatic heterocycles. The molecular weight excluding hydrogens is 178 g/mol. The van der Waals surface area contributed by atoms with Crippen LogP contribution in [0, 0.1) is 0 Å². The van der Waals surface area contributed by atoms with Gasteiger partial charge >= 0.3 is 0 Å². The van der Waals surface area contributed by atoms with E-state index in [0.29, 0.717) is 6.04 Å². The van der Waals surface area contributed by atoms with Gasteiger partial charge in [-0.1, -0.05) is 6.92 Å². The number of likely N-dealkylation sites (N-methyl/N-ethyl adjacent to an activating group) is 1. The van der Waals surface area contributed by atoms with E-state index in [1.807, 2.05) is 0 Å². The smallest absolute Gasteiger partial charge is 0.217 e. The van der Waals surface area contributed by atoms with E-state index in [0.717, 1.165) is 39.1 Å². The number of amides is 1. The maximum Gasteiger partial charge on any atom is 0.217 e. The summed E-state index contributed by atoms with van der Waals surface area (Å²) in [5.41, 5.74) is 0. The number of carbonyl (C=O) groups is 1. The first-order valence-electron chi connectivity index (χ1n) is 5.42. The van der Waals surface area contributed by atoms with Crippen LogP contribution in [0.15, 0.2) is 0 Å². The van der Waals surface area contributed by atoms with Gasteiger partial charge < -0.3 is 10.6 Å². The third-order valence-electron chi connectivity index (χ3n) is 2.53. The zero-order chi connectivity index (χ0) is 10.4. The Morgan fingerprint density at radius 1 is 1.57 bits per heavy atom. The molecule has 1 rings (SSSR count). The van der Waals surface area contributed by atoms with Gasteiger partial charge in [0.1, 0.15) is 0 Å². The fourth-order valence-corrected chi connectivity index (χ4v) is 1.85. The van der Waals surface area contributed by atoms with E-state index in [-0.39, 0.29) is 5.91 Å². The Kier molecular flexibility index (Phi) is 4.90. The Labute approximate surface area is 86.0 Å². The first-order chi connectivity index (χ1) is 6.72. The van der Waals surface area contributed by atoms with E-state index in [4.69, 9.17) is 0 Å². The topological polar surface area (TPSA) is 44.4 Å². The second-order valence-corrected chi connectivity index (χ2v) is 3.84. The molecule has 1 unspecified atom stereocenters. The molecule has 1 amide bonds. The highest BCUT2D eigenvalue weighted by molar-refractivity contribution is 5.73. The zero-order valence-corrected chi connectivity index (χ0v) is 9.18. The minimum atomic E-state index is 0.0866. The molecule has 1 heterocycles. The minimum Gasteiger partial charge on any atom is -0.352 e. The summed E-state index contributed by atoms with van der Waals surface area (Å²) < 4.78 is 0. The van der Waals surface area contributed by atoms with Crippen molar-refractivity contribution in [3.63, 3.8) is 0 Å². The van der Waals surface area contributed by atoms with Gasteiger partial charge in [-0.15, -0.1) is 0 Å². The number of rotatable bonds is 5. The summed E-state index contributed by atoms with van der Waals surface area (Å²) in [4.78, 5) is 13.2. The summed E-state index contributed by atoms with van der Waals surface area (Å²) >= 11 is 0. The predicted molar refractivity (Wildman–Crippen MR) is 57.2 cm³/mol. The van der Waals surface area contributed by atoms with Crippen molar-refractivity contribution >= 4 is 5.91 Å². The van der Waals surface area contributed by atoms with Crippen molar-refractivity contribution in [1.82, 2.24) is 15.5 Å². The van der Waals surface area contributed by atoms with Crippen LogP contribution in [0.3, 0.4) is 0 Å². The van der Waals surface area contributed by atoms with E-state index in [1.54, 1.807) is 6.92 Å². The standard InChI is InChI=1S/C10H21N3O/c1-3-11-5-7-13-6-4-10(8-13)12-9(2)14/h10-11H,3-8H2,1-2H3,(H,12,14). The molecule has 1 aliphatic heterocycles. The lowest BCUT2D eigenvalue weighted by molar-refractivity contribution is -0.119. The van der Waals surface area contributed by atoms with Gasteiger partial charge in [-0.05, 0) is 13.0 Å². The monoisotopic (exact) mass is 199 g/mol. The molecule has 14 heavy (non-hydrogen) atoms. The van der Waals surface area contributed by atoms with Crippen LogP contribution in [0.25, 0.3) is 0 Å². The summed E-state index contributed by atoms with van der Waals surface area (Å²) in [5, 5.41) is 6.26. The summed E-state index contributed by atoms with van der Waals surface area (Å²) in [7, 11) is 0. The van der Waals surface area contributed by atoms with Crippen molar-refractivity contribution < 1.29 is 4.79 Å². The van der Waals surface area contributed by atoms with Gasteiger partial charge in [-0.2, -0.15) is 0 Å². The molecule has 0 aromatic rings. The first-order valence-corrected chi connectivity index (χ1v) is 5.42. The zero-order valence-electron chi connectivity index (χ0n) is 9.18. The molecule has 1 aliphatic rings. The van der Waals surface area contributed by atoms with E-state index in [1.165, 1.54) is 0 Å². The summed E-state index contributed by atoms with van der Waals surface area (Å²) in [6, 6.07) is 0.370. The van der Waals surface area contributed by atoms with Crippen LogP contribution in [-0.4, -0.2) is 49.6 Å². The lowest BCUT2D eigenvalue weighted by Crippen LogP contribution is -2.37. The molecule has 1 saturated heterocycles. The van der Waals surface area contributed by atoms with E-state index >= 15 is 0 Å². The Balaban J connectivity index is 2.11. The van der Waals surface area contributed by atoms with Crippen molar-refractivity contribution in [3.05, 3.63) is 0 Å². The second-order valence-electron chi connectivity index (χ2n) is 3.84.